The Kier molecular flexibility index (Phi) is 6.58. The lowest BCUT2D eigenvalue weighted by molar-refractivity contribution is -0.126. The number of rotatable bonds is 7. The van der Waals surface area contributed by atoms with E-state index in [1.165, 1.54) is 5.56 Å². The van der Waals surface area contributed by atoms with Crippen molar-refractivity contribution in [3.8, 4) is 0 Å². The molecule has 3 aromatic rings. The molecular formula is C24H24N2O2. The van der Waals surface area contributed by atoms with Crippen LogP contribution in [0.1, 0.15) is 28.2 Å². The van der Waals surface area contributed by atoms with Gasteiger partial charge in [-0.05, 0) is 23.6 Å². The molecule has 0 saturated heterocycles. The van der Waals surface area contributed by atoms with E-state index in [4.69, 9.17) is 0 Å². The summed E-state index contributed by atoms with van der Waals surface area (Å²) in [6.45, 7) is 2.41. The largest absolute Gasteiger partial charge is 0.350 e. The summed E-state index contributed by atoms with van der Waals surface area (Å²) in [4.78, 5) is 25.0. The number of nitrogens with one attached hydrogen (secondary N) is 2. The van der Waals surface area contributed by atoms with Crippen LogP contribution in [0.2, 0.25) is 0 Å². The first-order chi connectivity index (χ1) is 13.6. The first-order valence-corrected chi connectivity index (χ1v) is 9.33. The van der Waals surface area contributed by atoms with E-state index in [1.54, 1.807) is 0 Å². The zero-order chi connectivity index (χ0) is 19.8. The third-order valence-electron chi connectivity index (χ3n) is 4.56. The molecule has 0 atom stereocenters. The molecule has 3 rings (SSSR count). The van der Waals surface area contributed by atoms with Gasteiger partial charge in [-0.15, -0.1) is 0 Å². The average Bonchev–Trinajstić information content (AvgIpc) is 2.73. The number of hydrogen-bond acceptors (Lipinski definition) is 2. The summed E-state index contributed by atoms with van der Waals surface area (Å²) in [5, 5.41) is 5.61. The van der Waals surface area contributed by atoms with Crippen molar-refractivity contribution in [2.75, 3.05) is 6.54 Å². The van der Waals surface area contributed by atoms with Crippen molar-refractivity contribution in [2.45, 2.75) is 19.4 Å². The van der Waals surface area contributed by atoms with E-state index in [0.29, 0.717) is 6.54 Å². The van der Waals surface area contributed by atoms with E-state index in [-0.39, 0.29) is 18.4 Å². The van der Waals surface area contributed by atoms with Crippen molar-refractivity contribution in [3.05, 3.63) is 107 Å². The summed E-state index contributed by atoms with van der Waals surface area (Å²) in [7, 11) is 0. The van der Waals surface area contributed by atoms with Crippen molar-refractivity contribution in [3.63, 3.8) is 0 Å². The predicted octanol–water partition coefficient (Wildman–Crippen LogP) is 3.56. The monoisotopic (exact) mass is 372 g/mol. The summed E-state index contributed by atoms with van der Waals surface area (Å²) in [6, 6.07) is 27.2. The van der Waals surface area contributed by atoms with Crippen LogP contribution < -0.4 is 10.6 Å². The fourth-order valence-electron chi connectivity index (χ4n) is 3.02. The smallest absolute Gasteiger partial charge is 0.239 e. The van der Waals surface area contributed by atoms with Gasteiger partial charge in [0.15, 0.2) is 0 Å². The standard InChI is InChI=1S/C24H24N2O2/c1-18-12-14-19(15-13-18)16-25-22(27)17-26-24(28)23(20-8-4-2-5-9-20)21-10-6-3-7-11-21/h2-15,23H,16-17H2,1H3,(H,25,27)(H,26,28). The number of benzene rings is 3. The highest BCUT2D eigenvalue weighted by Gasteiger charge is 2.22. The molecule has 2 N–H and O–H groups in total. The van der Waals surface area contributed by atoms with Crippen LogP contribution in [0, 0.1) is 6.92 Å². The summed E-state index contributed by atoms with van der Waals surface area (Å²) in [6.07, 6.45) is 0. The molecule has 0 unspecified atom stereocenters. The number of carbonyl (C=O) groups is 2. The Bertz CT molecular complexity index is 867. The summed E-state index contributed by atoms with van der Waals surface area (Å²) < 4.78 is 0. The highest BCUT2D eigenvalue weighted by Crippen LogP contribution is 2.24. The maximum atomic E-state index is 12.9. The Balaban J connectivity index is 1.60. The molecule has 3 aromatic carbocycles. The second-order valence-corrected chi connectivity index (χ2v) is 6.73. The van der Waals surface area contributed by atoms with E-state index in [0.717, 1.165) is 16.7 Å². The van der Waals surface area contributed by atoms with Crippen LogP contribution in [0.25, 0.3) is 0 Å². The van der Waals surface area contributed by atoms with Crippen LogP contribution in [0.5, 0.6) is 0 Å². The minimum Gasteiger partial charge on any atom is -0.350 e. The Labute approximate surface area is 165 Å². The van der Waals surface area contributed by atoms with Crippen LogP contribution in [0.3, 0.4) is 0 Å². The van der Waals surface area contributed by atoms with Gasteiger partial charge in [0.1, 0.15) is 0 Å². The molecule has 142 valence electrons. The second-order valence-electron chi connectivity index (χ2n) is 6.73. The van der Waals surface area contributed by atoms with Crippen molar-refractivity contribution >= 4 is 11.8 Å². The molecule has 0 aliphatic rings. The Morgan fingerprint density at radius 2 is 1.29 bits per heavy atom. The summed E-state index contributed by atoms with van der Waals surface area (Å²) >= 11 is 0. The molecule has 0 spiro atoms. The molecular weight excluding hydrogens is 348 g/mol. The molecule has 4 heteroatoms. The molecule has 0 heterocycles. The van der Waals surface area contributed by atoms with E-state index >= 15 is 0 Å². The Hall–Kier alpha value is -3.40. The van der Waals surface area contributed by atoms with Gasteiger partial charge in [0, 0.05) is 6.54 Å². The fraction of sp³-hybridized carbons (Fsp3) is 0.167. The zero-order valence-corrected chi connectivity index (χ0v) is 15.9. The van der Waals surface area contributed by atoms with Crippen LogP contribution in [0.4, 0.5) is 0 Å². The molecule has 28 heavy (non-hydrogen) atoms. The molecule has 4 nitrogen and oxygen atoms in total. The van der Waals surface area contributed by atoms with Crippen LogP contribution in [0.15, 0.2) is 84.9 Å². The van der Waals surface area contributed by atoms with E-state index < -0.39 is 5.92 Å². The first-order valence-electron chi connectivity index (χ1n) is 9.33. The van der Waals surface area contributed by atoms with Crippen LogP contribution >= 0.6 is 0 Å². The predicted molar refractivity (Wildman–Crippen MR) is 111 cm³/mol. The quantitative estimate of drug-likeness (QED) is 0.666. The van der Waals surface area contributed by atoms with Crippen molar-refractivity contribution in [1.29, 1.82) is 0 Å². The molecule has 0 aliphatic carbocycles. The lowest BCUT2D eigenvalue weighted by atomic mass is 9.90. The highest BCUT2D eigenvalue weighted by atomic mass is 16.2. The number of aryl methyl sites for hydroxylation is 1. The molecule has 0 fully saturated rings. The van der Waals surface area contributed by atoms with Crippen molar-refractivity contribution in [2.24, 2.45) is 0 Å². The molecule has 0 bridgehead atoms. The number of amides is 2. The summed E-state index contributed by atoms with van der Waals surface area (Å²) in [5.41, 5.74) is 3.99. The zero-order valence-electron chi connectivity index (χ0n) is 15.9. The maximum Gasteiger partial charge on any atom is 0.239 e. The minimum absolute atomic E-state index is 0.0547. The molecule has 0 radical (unpaired) electrons. The summed E-state index contributed by atoms with van der Waals surface area (Å²) in [5.74, 6) is -0.857. The van der Waals surface area contributed by atoms with Gasteiger partial charge in [0.05, 0.1) is 12.5 Å². The second kappa shape index (κ2) is 9.51. The van der Waals surface area contributed by atoms with Gasteiger partial charge in [0.25, 0.3) is 0 Å². The van der Waals surface area contributed by atoms with Gasteiger partial charge >= 0.3 is 0 Å². The first kappa shape index (κ1) is 19.4. The number of carbonyl (C=O) groups excluding carboxylic acids is 2. The topological polar surface area (TPSA) is 58.2 Å². The molecule has 2 amide bonds. The van der Waals surface area contributed by atoms with Gasteiger partial charge in [-0.1, -0.05) is 90.5 Å². The average molecular weight is 372 g/mol. The minimum atomic E-state index is -0.452. The van der Waals surface area contributed by atoms with Gasteiger partial charge < -0.3 is 10.6 Å². The Morgan fingerprint density at radius 1 is 0.750 bits per heavy atom. The van der Waals surface area contributed by atoms with E-state index in [2.05, 4.69) is 10.6 Å². The van der Waals surface area contributed by atoms with Gasteiger partial charge in [-0.3, -0.25) is 9.59 Å². The third kappa shape index (κ3) is 5.30. The molecule has 0 aliphatic heterocycles. The highest BCUT2D eigenvalue weighted by molar-refractivity contribution is 5.90. The normalized spacial score (nSPS) is 10.5. The van der Waals surface area contributed by atoms with Crippen molar-refractivity contribution in [1.82, 2.24) is 10.6 Å². The Morgan fingerprint density at radius 3 is 1.82 bits per heavy atom. The molecule has 0 aromatic heterocycles. The van der Waals surface area contributed by atoms with E-state index in [9.17, 15) is 9.59 Å². The van der Waals surface area contributed by atoms with Crippen LogP contribution in [-0.4, -0.2) is 18.4 Å². The fourth-order valence-corrected chi connectivity index (χ4v) is 3.02. The van der Waals surface area contributed by atoms with Gasteiger partial charge in [-0.25, -0.2) is 0 Å². The third-order valence-corrected chi connectivity index (χ3v) is 4.56. The van der Waals surface area contributed by atoms with Gasteiger partial charge in [-0.2, -0.15) is 0 Å². The lowest BCUT2D eigenvalue weighted by Crippen LogP contribution is -2.39. The lowest BCUT2D eigenvalue weighted by Gasteiger charge is -2.18. The SMILES string of the molecule is Cc1ccc(CNC(=O)CNC(=O)C(c2ccccc2)c2ccccc2)cc1. The van der Waals surface area contributed by atoms with E-state index in [1.807, 2.05) is 91.9 Å². The van der Waals surface area contributed by atoms with Crippen molar-refractivity contribution < 1.29 is 9.59 Å². The number of hydrogen-bond donors (Lipinski definition) is 2. The maximum absolute atomic E-state index is 12.9. The van der Waals surface area contributed by atoms with Crippen LogP contribution in [-0.2, 0) is 16.1 Å². The van der Waals surface area contributed by atoms with Gasteiger partial charge in [0.2, 0.25) is 11.8 Å². The molecule has 0 saturated carbocycles.